The lowest BCUT2D eigenvalue weighted by Crippen LogP contribution is -2.31. The first-order valence-electron chi connectivity index (χ1n) is 6.83. The van der Waals surface area contributed by atoms with Gasteiger partial charge in [0.15, 0.2) is 5.84 Å². The molecule has 0 spiro atoms. The van der Waals surface area contributed by atoms with Gasteiger partial charge in [0, 0.05) is 11.1 Å². The smallest absolute Gasteiger partial charge is 0.225 e. The van der Waals surface area contributed by atoms with E-state index < -0.39 is 0 Å². The first-order chi connectivity index (χ1) is 11.3. The van der Waals surface area contributed by atoms with Crippen LogP contribution in [-0.4, -0.2) is 10.8 Å². The van der Waals surface area contributed by atoms with E-state index in [0.29, 0.717) is 23.2 Å². The fourth-order valence-corrected chi connectivity index (χ4v) is 2.04. The molecule has 1 heterocycles. The Morgan fingerprint density at radius 1 is 1.04 bits per heavy atom. The highest BCUT2D eigenvalue weighted by molar-refractivity contribution is 5.98. The number of hydrazone groups is 1. The zero-order valence-electron chi connectivity index (χ0n) is 12.1. The molecular weight excluding hydrogens is 294 g/mol. The molecule has 0 unspecified atom stereocenters. The van der Waals surface area contributed by atoms with E-state index in [1.807, 2.05) is 36.4 Å². The van der Waals surface area contributed by atoms with Gasteiger partial charge in [-0.1, -0.05) is 0 Å². The van der Waals surface area contributed by atoms with E-state index in [2.05, 4.69) is 15.5 Å². The number of hydrogen-bond acceptors (Lipinski definition) is 6. The van der Waals surface area contributed by atoms with Crippen molar-refractivity contribution < 1.29 is 9.15 Å². The number of hydrazine groups is 1. The minimum Gasteiger partial charge on any atom is -0.457 e. The summed E-state index contributed by atoms with van der Waals surface area (Å²) in [5.74, 6) is 12.9. The van der Waals surface area contributed by atoms with Crippen LogP contribution in [0.25, 0.3) is 11.5 Å². The van der Waals surface area contributed by atoms with Gasteiger partial charge in [-0.05, 0) is 48.5 Å². The lowest BCUT2D eigenvalue weighted by atomic mass is 10.2. The number of hydrogen-bond donors (Lipinski definition) is 3. The Balaban J connectivity index is 1.72. The summed E-state index contributed by atoms with van der Waals surface area (Å²) in [4.78, 5) is 4.10. The maximum Gasteiger partial charge on any atom is 0.225 e. The minimum atomic E-state index is 0.395. The molecule has 0 atom stereocenters. The maximum absolute atomic E-state index is 5.78. The Bertz CT molecular complexity index is 780. The largest absolute Gasteiger partial charge is 0.457 e. The second kappa shape index (κ2) is 6.63. The molecule has 2 aromatic carbocycles. The first kappa shape index (κ1) is 14.6. The zero-order valence-corrected chi connectivity index (χ0v) is 12.1. The van der Waals surface area contributed by atoms with Crippen molar-refractivity contribution in [2.24, 2.45) is 16.8 Å². The summed E-state index contributed by atoms with van der Waals surface area (Å²) in [5.41, 5.74) is 4.08. The van der Waals surface area contributed by atoms with Gasteiger partial charge >= 0.3 is 0 Å². The molecule has 116 valence electrons. The van der Waals surface area contributed by atoms with Gasteiger partial charge in [0.05, 0.1) is 6.20 Å². The minimum absolute atomic E-state index is 0.395. The van der Waals surface area contributed by atoms with Gasteiger partial charge in [-0.25, -0.2) is 10.8 Å². The normalized spacial score (nSPS) is 11.3. The van der Waals surface area contributed by atoms with Crippen LogP contribution < -0.4 is 21.8 Å². The highest BCUT2D eigenvalue weighted by Gasteiger charge is 2.05. The summed E-state index contributed by atoms with van der Waals surface area (Å²) >= 11 is 0. The molecule has 0 fully saturated rings. The van der Waals surface area contributed by atoms with E-state index in [-0.39, 0.29) is 0 Å². The van der Waals surface area contributed by atoms with Gasteiger partial charge < -0.3 is 20.4 Å². The van der Waals surface area contributed by atoms with Crippen LogP contribution in [0.4, 0.5) is 0 Å². The molecule has 7 nitrogen and oxygen atoms in total. The van der Waals surface area contributed by atoms with Crippen LogP contribution in [0.3, 0.4) is 0 Å². The summed E-state index contributed by atoms with van der Waals surface area (Å²) in [6.45, 7) is 0. The maximum atomic E-state index is 5.78. The van der Waals surface area contributed by atoms with Crippen molar-refractivity contribution >= 4 is 5.84 Å². The van der Waals surface area contributed by atoms with Gasteiger partial charge in [-0.15, -0.1) is 0 Å². The van der Waals surface area contributed by atoms with Crippen LogP contribution in [0.5, 0.6) is 11.5 Å². The number of nitrogens with zero attached hydrogens (tertiary/aromatic N) is 2. The Morgan fingerprint density at radius 3 is 2.22 bits per heavy atom. The summed E-state index contributed by atoms with van der Waals surface area (Å²) in [7, 11) is 0. The van der Waals surface area contributed by atoms with Crippen molar-refractivity contribution in [3.63, 3.8) is 0 Å². The van der Waals surface area contributed by atoms with Gasteiger partial charge in [0.2, 0.25) is 5.89 Å². The molecule has 0 bridgehead atoms. The Kier molecular flexibility index (Phi) is 4.21. The highest BCUT2D eigenvalue weighted by Crippen LogP contribution is 2.25. The van der Waals surface area contributed by atoms with Gasteiger partial charge in [-0.2, -0.15) is 5.10 Å². The molecule has 0 radical (unpaired) electrons. The van der Waals surface area contributed by atoms with E-state index in [1.165, 1.54) is 6.26 Å². The number of oxazole rings is 1. The molecule has 0 aliphatic rings. The molecular formula is C16H15N5O2. The van der Waals surface area contributed by atoms with Crippen LogP contribution >= 0.6 is 0 Å². The SMILES string of the molecule is N/N=C(\NN)c1ccc(Oc2ccc(-c3ncco3)cc2)cc1. The van der Waals surface area contributed by atoms with Crippen LogP contribution in [0, 0.1) is 0 Å². The predicted octanol–water partition coefficient (Wildman–Crippen LogP) is 2.22. The van der Waals surface area contributed by atoms with Crippen molar-refractivity contribution in [1.82, 2.24) is 10.4 Å². The molecule has 1 aromatic heterocycles. The number of rotatable bonds is 4. The molecule has 3 aromatic rings. The van der Waals surface area contributed by atoms with E-state index >= 15 is 0 Å². The average molecular weight is 309 g/mol. The molecule has 0 saturated heterocycles. The van der Waals surface area contributed by atoms with Crippen molar-refractivity contribution in [1.29, 1.82) is 0 Å². The Morgan fingerprint density at radius 2 is 1.70 bits per heavy atom. The lowest BCUT2D eigenvalue weighted by molar-refractivity contribution is 0.482. The number of ether oxygens (including phenoxy) is 1. The molecule has 3 rings (SSSR count). The summed E-state index contributed by atoms with van der Waals surface area (Å²) < 4.78 is 11.0. The highest BCUT2D eigenvalue weighted by atomic mass is 16.5. The third kappa shape index (κ3) is 3.30. The Hall–Kier alpha value is -3.32. The van der Waals surface area contributed by atoms with Crippen LogP contribution in [0.1, 0.15) is 5.56 Å². The quantitative estimate of drug-likeness (QED) is 0.295. The van der Waals surface area contributed by atoms with Crippen LogP contribution in [-0.2, 0) is 0 Å². The number of nitrogens with one attached hydrogen (secondary N) is 1. The summed E-state index contributed by atoms with van der Waals surface area (Å²) in [6.07, 6.45) is 3.15. The molecule has 7 heteroatoms. The molecule has 0 aliphatic carbocycles. The van der Waals surface area contributed by atoms with Gasteiger partial charge in [0.25, 0.3) is 0 Å². The van der Waals surface area contributed by atoms with Crippen molar-refractivity contribution in [2.75, 3.05) is 0 Å². The average Bonchev–Trinajstić information content (AvgIpc) is 3.13. The van der Waals surface area contributed by atoms with Gasteiger partial charge in [-0.3, -0.25) is 0 Å². The van der Waals surface area contributed by atoms with Crippen molar-refractivity contribution in [3.8, 4) is 23.0 Å². The van der Waals surface area contributed by atoms with Crippen molar-refractivity contribution in [3.05, 3.63) is 66.6 Å². The first-order valence-corrected chi connectivity index (χ1v) is 6.83. The second-order valence-electron chi connectivity index (χ2n) is 4.61. The molecule has 0 aliphatic heterocycles. The number of amidine groups is 1. The topological polar surface area (TPSA) is 112 Å². The molecule has 23 heavy (non-hydrogen) atoms. The van der Waals surface area contributed by atoms with E-state index in [1.54, 1.807) is 18.3 Å². The summed E-state index contributed by atoms with van der Waals surface area (Å²) in [6, 6.07) is 14.7. The fraction of sp³-hybridized carbons (Fsp3) is 0. The molecule has 0 amide bonds. The monoisotopic (exact) mass is 309 g/mol. The number of aromatic nitrogens is 1. The van der Waals surface area contributed by atoms with E-state index in [0.717, 1.165) is 11.1 Å². The molecule has 5 N–H and O–H groups in total. The number of nitrogens with two attached hydrogens (primary N) is 2. The predicted molar refractivity (Wildman–Crippen MR) is 86.5 cm³/mol. The third-order valence-corrected chi connectivity index (χ3v) is 3.16. The Labute approximate surface area is 132 Å². The van der Waals surface area contributed by atoms with E-state index in [9.17, 15) is 0 Å². The second-order valence-corrected chi connectivity index (χ2v) is 4.61. The zero-order chi connectivity index (χ0) is 16.1. The fourth-order valence-electron chi connectivity index (χ4n) is 2.04. The van der Waals surface area contributed by atoms with Crippen LogP contribution in [0.2, 0.25) is 0 Å². The van der Waals surface area contributed by atoms with E-state index in [4.69, 9.17) is 20.8 Å². The lowest BCUT2D eigenvalue weighted by Gasteiger charge is -2.08. The summed E-state index contributed by atoms with van der Waals surface area (Å²) in [5, 5.41) is 3.55. The third-order valence-electron chi connectivity index (χ3n) is 3.16. The van der Waals surface area contributed by atoms with Crippen molar-refractivity contribution in [2.45, 2.75) is 0 Å². The van der Waals surface area contributed by atoms with Gasteiger partial charge in [0.1, 0.15) is 17.8 Å². The molecule has 0 saturated carbocycles. The standard InChI is InChI=1S/C16H15N5O2/c17-20-15(21-18)11-1-5-13(6-2-11)23-14-7-3-12(4-8-14)16-19-9-10-22-16/h1-10H,17-18H2,(H,20,21). The number of benzene rings is 2. The van der Waals surface area contributed by atoms with Crippen LogP contribution in [0.15, 0.2) is 70.5 Å².